The number of carboxylic acids is 1. The number of carbonyl (C=O) groups is 1. The third-order valence-corrected chi connectivity index (χ3v) is 6.39. The number of aliphatic hydroxyl groups is 2. The highest BCUT2D eigenvalue weighted by Crippen LogP contribution is 2.46. The van der Waals surface area contributed by atoms with Gasteiger partial charge in [0.25, 0.3) is 5.56 Å². The van der Waals surface area contributed by atoms with Crippen LogP contribution >= 0.6 is 7.75 Å². The Labute approximate surface area is 224 Å². The molecule has 0 aliphatic carbocycles. The van der Waals surface area contributed by atoms with Gasteiger partial charge in [-0.15, -0.1) is 0 Å². The zero-order valence-corrected chi connectivity index (χ0v) is 21.2. The Morgan fingerprint density at radius 2 is 2.00 bits per heavy atom. The van der Waals surface area contributed by atoms with Crippen molar-refractivity contribution >= 4 is 13.7 Å². The van der Waals surface area contributed by atoms with E-state index in [0.717, 1.165) is 31.3 Å². The van der Waals surface area contributed by atoms with Crippen molar-refractivity contribution in [3.63, 3.8) is 0 Å². The summed E-state index contributed by atoms with van der Waals surface area (Å²) in [4.78, 5) is 52.7. The van der Waals surface area contributed by atoms with E-state index in [9.17, 15) is 47.2 Å². The number of nitrogens with zero attached hydrogens (tertiary/aromatic N) is 4. The van der Waals surface area contributed by atoms with Gasteiger partial charge >= 0.3 is 25.6 Å². The summed E-state index contributed by atoms with van der Waals surface area (Å²) < 4.78 is 69.2. The smallest absolute Gasteiger partial charge is 0.440 e. The molecule has 0 amide bonds. The molecule has 6 N–H and O–H groups in total. The lowest BCUT2D eigenvalue weighted by Gasteiger charge is -2.27. The van der Waals surface area contributed by atoms with Crippen LogP contribution in [0.1, 0.15) is 18.7 Å². The zero-order valence-electron chi connectivity index (χ0n) is 20.3. The van der Waals surface area contributed by atoms with Crippen molar-refractivity contribution in [3.05, 3.63) is 67.3 Å². The van der Waals surface area contributed by atoms with Gasteiger partial charge in [-0.05, 0) is 24.6 Å². The standard InChI is InChI=1S/C19H20F3N6O12P/c1-8(16(32)33)25-41(35,36)40-39-10-4-2-3-9(12(10)19(20,21)22)37-7-18(26-27-23)14(31)13(30)15(38-18)28-6-5-11(29)24-17(28)34/h2-6,8,13-15,30-31H,7H2,1H3,(H,32,33)(H,24,29,34)(H2,25,35,36)/t8-,13+,14-,15+,18+/m0/s1. The lowest BCUT2D eigenvalue weighted by atomic mass is 10.1. The predicted molar refractivity (Wildman–Crippen MR) is 124 cm³/mol. The van der Waals surface area contributed by atoms with Gasteiger partial charge in [0.15, 0.2) is 12.0 Å². The summed E-state index contributed by atoms with van der Waals surface area (Å²) in [5, 5.41) is 34.7. The Balaban J connectivity index is 1.91. The number of ether oxygens (including phenoxy) is 2. The molecule has 3 rings (SSSR count). The van der Waals surface area contributed by atoms with Crippen LogP contribution in [0.5, 0.6) is 11.5 Å². The number of H-pyrrole nitrogens is 1. The fourth-order valence-electron chi connectivity index (χ4n) is 3.50. The van der Waals surface area contributed by atoms with Crippen LogP contribution < -0.4 is 26.0 Å². The molecule has 18 nitrogen and oxygen atoms in total. The number of carboxylic acid groups (broad SMARTS) is 1. The van der Waals surface area contributed by atoms with Crippen molar-refractivity contribution < 1.29 is 61.8 Å². The fraction of sp³-hybridized carbons (Fsp3) is 0.421. The molecule has 2 aromatic rings. The monoisotopic (exact) mass is 612 g/mol. The van der Waals surface area contributed by atoms with Crippen LogP contribution in [0.4, 0.5) is 13.2 Å². The first-order valence-electron chi connectivity index (χ1n) is 11.0. The molecule has 1 unspecified atom stereocenters. The van der Waals surface area contributed by atoms with Crippen molar-refractivity contribution in [1.82, 2.24) is 14.6 Å². The molecule has 2 heterocycles. The Morgan fingerprint density at radius 1 is 1.34 bits per heavy atom. The molecule has 0 spiro atoms. The summed E-state index contributed by atoms with van der Waals surface area (Å²) in [6.07, 6.45) is -10.4. The number of azide groups is 1. The maximum absolute atomic E-state index is 14.0. The number of benzene rings is 1. The topological polar surface area (TPSA) is 268 Å². The lowest BCUT2D eigenvalue weighted by molar-refractivity contribution is -0.155. The Kier molecular flexibility index (Phi) is 9.16. The minimum absolute atomic E-state index is 0.614. The van der Waals surface area contributed by atoms with E-state index in [1.54, 1.807) is 5.09 Å². The molecule has 1 fully saturated rings. The van der Waals surface area contributed by atoms with Crippen LogP contribution in [-0.2, 0) is 24.9 Å². The minimum Gasteiger partial charge on any atom is -0.490 e. The number of aliphatic carboxylic acids is 1. The average molecular weight is 612 g/mol. The predicted octanol–water partition coefficient (Wildman–Crippen LogP) is 0.365. The Hall–Kier alpha value is -3.94. The lowest BCUT2D eigenvalue weighted by Crippen LogP contribution is -2.46. The number of aromatic nitrogens is 2. The van der Waals surface area contributed by atoms with E-state index in [2.05, 4.69) is 19.6 Å². The maximum Gasteiger partial charge on any atom is 0.440 e. The quantitative estimate of drug-likeness (QED) is 0.0500. The van der Waals surface area contributed by atoms with E-state index in [4.69, 9.17) is 20.1 Å². The molecule has 41 heavy (non-hydrogen) atoms. The number of rotatable bonds is 11. The number of hydrogen-bond acceptors (Lipinski definition) is 11. The summed E-state index contributed by atoms with van der Waals surface area (Å²) in [5.74, 6) is -3.88. The normalized spacial score (nSPS) is 24.6. The first-order chi connectivity index (χ1) is 19.0. The maximum atomic E-state index is 14.0. The van der Waals surface area contributed by atoms with Crippen LogP contribution in [0.15, 0.2) is 45.2 Å². The van der Waals surface area contributed by atoms with Gasteiger partial charge in [-0.25, -0.2) is 14.4 Å². The molecule has 0 bridgehead atoms. The van der Waals surface area contributed by atoms with Crippen molar-refractivity contribution in [2.45, 2.75) is 43.3 Å². The van der Waals surface area contributed by atoms with E-state index >= 15 is 0 Å². The molecule has 0 radical (unpaired) electrons. The first kappa shape index (κ1) is 31.6. The molecule has 1 aromatic heterocycles. The highest BCUT2D eigenvalue weighted by atomic mass is 31.2. The SMILES string of the molecule is C[C@H](NP(=O)(O)OOc1cccc(OC[C@@]2(N=[N+]=[N-])O[C@@H](n3ccc(=O)[nH]c3=O)[C@H](O)[C@@H]2O)c1C(F)(F)F)C(=O)O. The van der Waals surface area contributed by atoms with Crippen LogP contribution in [0.2, 0.25) is 0 Å². The van der Waals surface area contributed by atoms with Crippen molar-refractivity contribution in [1.29, 1.82) is 0 Å². The average Bonchev–Trinajstić information content (AvgIpc) is 3.11. The second-order valence-corrected chi connectivity index (χ2v) is 9.73. The second kappa shape index (κ2) is 11.9. The number of halogens is 3. The van der Waals surface area contributed by atoms with Gasteiger partial charge in [0.2, 0.25) is 5.72 Å². The summed E-state index contributed by atoms with van der Waals surface area (Å²) in [5.41, 5.74) is 2.73. The van der Waals surface area contributed by atoms with Crippen molar-refractivity contribution in [2.75, 3.05) is 6.61 Å². The number of alkyl halides is 3. The van der Waals surface area contributed by atoms with Crippen LogP contribution in [0.3, 0.4) is 0 Å². The molecule has 22 heteroatoms. The summed E-state index contributed by atoms with van der Waals surface area (Å²) in [7, 11) is -5.11. The van der Waals surface area contributed by atoms with E-state index in [-0.39, 0.29) is 0 Å². The molecular formula is C19H20F3N6O12P. The summed E-state index contributed by atoms with van der Waals surface area (Å²) >= 11 is 0. The van der Waals surface area contributed by atoms with Gasteiger partial charge in [0.05, 0.1) is 0 Å². The van der Waals surface area contributed by atoms with Crippen molar-refractivity contribution in [3.8, 4) is 11.5 Å². The molecule has 1 aromatic carbocycles. The molecular weight excluding hydrogens is 592 g/mol. The molecule has 6 atom stereocenters. The van der Waals surface area contributed by atoms with Crippen molar-refractivity contribution in [2.24, 2.45) is 5.11 Å². The molecule has 0 saturated carbocycles. The number of hydrogen-bond donors (Lipinski definition) is 6. The number of aliphatic hydroxyl groups excluding tert-OH is 2. The third-order valence-electron chi connectivity index (χ3n) is 5.40. The van der Waals surface area contributed by atoms with E-state index < -0.39 is 85.0 Å². The first-order valence-corrected chi connectivity index (χ1v) is 12.5. The van der Waals surface area contributed by atoms with Crippen LogP contribution in [0.25, 0.3) is 10.4 Å². The van der Waals surface area contributed by atoms with Gasteiger partial charge in [0, 0.05) is 17.2 Å². The van der Waals surface area contributed by atoms with Gasteiger partial charge in [-0.1, -0.05) is 15.9 Å². The largest absolute Gasteiger partial charge is 0.490 e. The highest BCUT2D eigenvalue weighted by molar-refractivity contribution is 7.50. The fourth-order valence-corrected chi connectivity index (χ4v) is 4.32. The van der Waals surface area contributed by atoms with Gasteiger partial charge in [0.1, 0.15) is 36.2 Å². The van der Waals surface area contributed by atoms with Gasteiger partial charge < -0.3 is 34.6 Å². The zero-order chi connectivity index (χ0) is 30.8. The number of aromatic amines is 1. The minimum atomic E-state index is -5.29. The van der Waals surface area contributed by atoms with Gasteiger partial charge in [-0.3, -0.25) is 19.1 Å². The summed E-state index contributed by atoms with van der Waals surface area (Å²) in [6.45, 7) is -0.258. The molecule has 1 saturated heterocycles. The van der Waals surface area contributed by atoms with Crippen LogP contribution in [0, 0.1) is 0 Å². The van der Waals surface area contributed by atoms with Crippen LogP contribution in [-0.4, -0.2) is 66.3 Å². The number of nitrogens with one attached hydrogen (secondary N) is 2. The Bertz CT molecular complexity index is 1510. The second-order valence-electron chi connectivity index (χ2n) is 8.28. The van der Waals surface area contributed by atoms with E-state index in [1.165, 1.54) is 0 Å². The Morgan fingerprint density at radius 3 is 2.59 bits per heavy atom. The van der Waals surface area contributed by atoms with E-state index in [0.29, 0.717) is 10.6 Å². The highest BCUT2D eigenvalue weighted by Gasteiger charge is 2.56. The van der Waals surface area contributed by atoms with Gasteiger partial charge in [-0.2, -0.15) is 13.2 Å². The van der Waals surface area contributed by atoms with E-state index in [1.807, 2.05) is 4.98 Å². The molecule has 1 aliphatic heterocycles. The molecule has 224 valence electrons. The molecule has 1 aliphatic rings. The summed E-state index contributed by atoms with van der Waals surface area (Å²) in [6, 6.07) is 1.52. The third kappa shape index (κ3) is 7.04.